The zero-order valence-electron chi connectivity index (χ0n) is 12.5. The summed E-state index contributed by atoms with van der Waals surface area (Å²) in [5.74, 6) is 1.23. The summed E-state index contributed by atoms with van der Waals surface area (Å²) in [4.78, 5) is 0. The van der Waals surface area contributed by atoms with Gasteiger partial charge in [0, 0.05) is 18.0 Å². The first-order chi connectivity index (χ1) is 9.56. The molecule has 0 saturated carbocycles. The fraction of sp³-hybridized carbons (Fsp3) is 0.625. The van der Waals surface area contributed by atoms with Gasteiger partial charge in [0.2, 0.25) is 0 Å². The Morgan fingerprint density at radius 2 is 2.10 bits per heavy atom. The van der Waals surface area contributed by atoms with Crippen molar-refractivity contribution in [3.05, 3.63) is 23.8 Å². The predicted molar refractivity (Wildman–Crippen MR) is 78.3 cm³/mol. The molecule has 0 aromatic heterocycles. The Balaban J connectivity index is 2.22. The minimum Gasteiger partial charge on any atom is -0.497 e. The first-order valence-electron chi connectivity index (χ1n) is 7.21. The van der Waals surface area contributed by atoms with E-state index in [-0.39, 0.29) is 6.04 Å². The van der Waals surface area contributed by atoms with Crippen molar-refractivity contribution in [3.63, 3.8) is 0 Å². The second kappa shape index (κ2) is 6.44. The molecule has 1 heterocycles. The maximum absolute atomic E-state index is 15.2. The summed E-state index contributed by atoms with van der Waals surface area (Å²) in [6.07, 6.45) is 3.84. The first-order valence-corrected chi connectivity index (χ1v) is 7.21. The van der Waals surface area contributed by atoms with Crippen LogP contribution in [0.5, 0.6) is 11.5 Å². The molecule has 1 fully saturated rings. The number of halogens is 1. The minimum absolute atomic E-state index is 0.231. The number of benzene rings is 1. The van der Waals surface area contributed by atoms with E-state index in [9.17, 15) is 0 Å². The van der Waals surface area contributed by atoms with Crippen molar-refractivity contribution in [2.45, 2.75) is 44.3 Å². The van der Waals surface area contributed by atoms with Crippen LogP contribution >= 0.6 is 0 Å². The lowest BCUT2D eigenvalue weighted by atomic mass is 9.87. The van der Waals surface area contributed by atoms with Gasteiger partial charge in [0.1, 0.15) is 17.2 Å². The van der Waals surface area contributed by atoms with Crippen LogP contribution in [0, 0.1) is 0 Å². The van der Waals surface area contributed by atoms with Crippen molar-refractivity contribution < 1.29 is 13.9 Å². The van der Waals surface area contributed by atoms with Crippen LogP contribution in [-0.2, 0) is 5.67 Å². The van der Waals surface area contributed by atoms with Gasteiger partial charge in [0.25, 0.3) is 0 Å². The molecule has 3 nitrogen and oxygen atoms in total. The molecule has 2 rings (SSSR count). The Morgan fingerprint density at radius 1 is 1.30 bits per heavy atom. The number of rotatable bonds is 5. The quantitative estimate of drug-likeness (QED) is 0.897. The smallest absolute Gasteiger partial charge is 0.138 e. The summed E-state index contributed by atoms with van der Waals surface area (Å²) in [6.45, 7) is 2.61. The van der Waals surface area contributed by atoms with E-state index in [4.69, 9.17) is 9.47 Å². The summed E-state index contributed by atoms with van der Waals surface area (Å²) in [5.41, 5.74) is -0.874. The summed E-state index contributed by atoms with van der Waals surface area (Å²) < 4.78 is 25.7. The molecule has 1 aliphatic heterocycles. The normalized spacial score (nSPS) is 22.1. The van der Waals surface area contributed by atoms with Crippen molar-refractivity contribution in [1.29, 1.82) is 0 Å². The number of alkyl halides is 1. The Bertz CT molecular complexity index is 442. The molecule has 0 aliphatic carbocycles. The molecule has 2 atom stereocenters. The molecular weight excluding hydrogens is 257 g/mol. The lowest BCUT2D eigenvalue weighted by Gasteiger charge is -2.31. The van der Waals surface area contributed by atoms with Crippen molar-refractivity contribution in [2.75, 3.05) is 20.8 Å². The van der Waals surface area contributed by atoms with E-state index in [2.05, 4.69) is 5.32 Å². The molecule has 112 valence electrons. The van der Waals surface area contributed by atoms with E-state index < -0.39 is 5.67 Å². The van der Waals surface area contributed by atoms with Gasteiger partial charge in [-0.2, -0.15) is 0 Å². The van der Waals surface area contributed by atoms with Crippen LogP contribution in [0.2, 0.25) is 0 Å². The van der Waals surface area contributed by atoms with Crippen LogP contribution in [0.1, 0.15) is 38.2 Å². The molecule has 0 bridgehead atoms. The van der Waals surface area contributed by atoms with E-state index in [0.717, 1.165) is 13.0 Å². The maximum atomic E-state index is 15.2. The average Bonchev–Trinajstić information content (AvgIpc) is 2.47. The minimum atomic E-state index is -1.44. The van der Waals surface area contributed by atoms with Crippen molar-refractivity contribution in [2.24, 2.45) is 0 Å². The number of ether oxygens (including phenoxy) is 2. The number of hydrogen-bond donors (Lipinski definition) is 1. The third kappa shape index (κ3) is 3.42. The zero-order chi connectivity index (χ0) is 14.6. The molecule has 1 N–H and O–H groups in total. The van der Waals surface area contributed by atoms with E-state index in [0.29, 0.717) is 23.5 Å². The zero-order valence-corrected chi connectivity index (χ0v) is 12.5. The van der Waals surface area contributed by atoms with Gasteiger partial charge in [-0.15, -0.1) is 0 Å². The molecule has 1 aromatic carbocycles. The topological polar surface area (TPSA) is 30.5 Å². The molecule has 0 radical (unpaired) electrons. The molecule has 2 unspecified atom stereocenters. The van der Waals surface area contributed by atoms with Gasteiger partial charge in [-0.3, -0.25) is 0 Å². The van der Waals surface area contributed by atoms with E-state index in [1.807, 2.05) is 0 Å². The van der Waals surface area contributed by atoms with Gasteiger partial charge in [0.05, 0.1) is 14.2 Å². The Morgan fingerprint density at radius 3 is 2.70 bits per heavy atom. The standard InChI is InChI=1S/C16H24FNO2/c1-16(17,11-12-6-4-5-9-18-12)14-10-13(19-2)7-8-15(14)20-3/h7-8,10,12,18H,4-6,9,11H2,1-3H3. The SMILES string of the molecule is COc1ccc(OC)c(C(C)(F)CC2CCCCN2)c1. The summed E-state index contributed by atoms with van der Waals surface area (Å²) in [5, 5.41) is 3.40. The van der Waals surface area contributed by atoms with Gasteiger partial charge in [-0.25, -0.2) is 4.39 Å². The van der Waals surface area contributed by atoms with Crippen molar-refractivity contribution in [3.8, 4) is 11.5 Å². The first kappa shape index (κ1) is 15.1. The molecular formula is C16H24FNO2. The number of methoxy groups -OCH3 is 2. The van der Waals surface area contributed by atoms with Crippen LogP contribution in [-0.4, -0.2) is 26.8 Å². The van der Waals surface area contributed by atoms with Gasteiger partial charge in [-0.05, 0) is 44.5 Å². The molecule has 0 amide bonds. The maximum Gasteiger partial charge on any atom is 0.138 e. The van der Waals surface area contributed by atoms with E-state index in [1.54, 1.807) is 39.3 Å². The lowest BCUT2D eigenvalue weighted by Crippen LogP contribution is -2.38. The number of piperidine rings is 1. The van der Waals surface area contributed by atoms with Gasteiger partial charge in [-0.1, -0.05) is 6.42 Å². The Hall–Kier alpha value is -1.29. The van der Waals surface area contributed by atoms with Crippen LogP contribution in [0.15, 0.2) is 18.2 Å². The summed E-state index contributed by atoms with van der Waals surface area (Å²) in [7, 11) is 3.16. The van der Waals surface area contributed by atoms with Crippen molar-refractivity contribution >= 4 is 0 Å². The fourth-order valence-corrected chi connectivity index (χ4v) is 2.89. The summed E-state index contributed by atoms with van der Waals surface area (Å²) in [6, 6.07) is 5.52. The molecule has 0 spiro atoms. The monoisotopic (exact) mass is 281 g/mol. The summed E-state index contributed by atoms with van der Waals surface area (Å²) >= 11 is 0. The molecule has 20 heavy (non-hydrogen) atoms. The third-order valence-corrected chi connectivity index (χ3v) is 4.01. The fourth-order valence-electron chi connectivity index (χ4n) is 2.89. The highest BCUT2D eigenvalue weighted by Gasteiger charge is 2.33. The highest BCUT2D eigenvalue weighted by molar-refractivity contribution is 5.43. The van der Waals surface area contributed by atoms with Crippen LogP contribution in [0.4, 0.5) is 4.39 Å². The van der Waals surface area contributed by atoms with Crippen molar-refractivity contribution in [1.82, 2.24) is 5.32 Å². The van der Waals surface area contributed by atoms with Gasteiger partial charge in [0.15, 0.2) is 0 Å². The lowest BCUT2D eigenvalue weighted by molar-refractivity contribution is 0.141. The molecule has 4 heteroatoms. The second-order valence-electron chi connectivity index (χ2n) is 5.61. The Labute approximate surface area is 120 Å². The highest BCUT2D eigenvalue weighted by atomic mass is 19.1. The van der Waals surface area contributed by atoms with Crippen LogP contribution < -0.4 is 14.8 Å². The predicted octanol–water partition coefficient (Wildman–Crippen LogP) is 3.42. The van der Waals surface area contributed by atoms with Crippen LogP contribution in [0.25, 0.3) is 0 Å². The number of nitrogens with one attached hydrogen (secondary N) is 1. The molecule has 1 saturated heterocycles. The second-order valence-corrected chi connectivity index (χ2v) is 5.61. The Kier molecular flexibility index (Phi) is 4.86. The van der Waals surface area contributed by atoms with E-state index in [1.165, 1.54) is 12.8 Å². The largest absolute Gasteiger partial charge is 0.497 e. The van der Waals surface area contributed by atoms with Crippen LogP contribution in [0.3, 0.4) is 0 Å². The highest BCUT2D eigenvalue weighted by Crippen LogP contribution is 2.39. The van der Waals surface area contributed by atoms with Gasteiger partial charge < -0.3 is 14.8 Å². The third-order valence-electron chi connectivity index (χ3n) is 4.01. The molecule has 1 aliphatic rings. The van der Waals surface area contributed by atoms with E-state index >= 15 is 4.39 Å². The van der Waals surface area contributed by atoms with Gasteiger partial charge >= 0.3 is 0 Å². The molecule has 1 aromatic rings. The number of hydrogen-bond acceptors (Lipinski definition) is 3. The average molecular weight is 281 g/mol.